The van der Waals surface area contributed by atoms with E-state index in [1.165, 1.54) is 14.2 Å². The molecule has 1 aliphatic rings. The highest BCUT2D eigenvalue weighted by Crippen LogP contribution is 2.36. The van der Waals surface area contributed by atoms with Gasteiger partial charge in [0.15, 0.2) is 23.1 Å². The van der Waals surface area contributed by atoms with E-state index in [0.717, 1.165) is 0 Å². The fourth-order valence-corrected chi connectivity index (χ4v) is 1.87. The van der Waals surface area contributed by atoms with Crippen molar-refractivity contribution in [3.05, 3.63) is 23.3 Å². The molecule has 4 heteroatoms. The van der Waals surface area contributed by atoms with Crippen LogP contribution in [0.1, 0.15) is 27.6 Å². The molecule has 0 N–H and O–H groups in total. The summed E-state index contributed by atoms with van der Waals surface area (Å²) >= 11 is 0. The molecule has 0 amide bonds. The minimum atomic E-state index is -0.591. The van der Waals surface area contributed by atoms with Crippen molar-refractivity contribution in [2.75, 3.05) is 14.2 Å². The molecule has 1 aromatic rings. The van der Waals surface area contributed by atoms with Gasteiger partial charge in [0.2, 0.25) is 0 Å². The van der Waals surface area contributed by atoms with E-state index < -0.39 is 5.92 Å². The molecule has 0 fully saturated rings. The second kappa shape index (κ2) is 3.63. The van der Waals surface area contributed by atoms with Gasteiger partial charge in [-0.2, -0.15) is 0 Å². The third kappa shape index (κ3) is 1.30. The predicted molar refractivity (Wildman–Crippen MR) is 57.4 cm³/mol. The third-order valence-electron chi connectivity index (χ3n) is 2.84. The second-order valence-corrected chi connectivity index (χ2v) is 3.70. The predicted octanol–water partition coefficient (Wildman–Crippen LogP) is 1.72. The van der Waals surface area contributed by atoms with Crippen LogP contribution in [0.3, 0.4) is 0 Å². The Morgan fingerprint density at radius 2 is 1.31 bits per heavy atom. The first-order valence-electron chi connectivity index (χ1n) is 4.94. The number of carbonyl (C=O) groups excluding carboxylic acids is 2. The largest absolute Gasteiger partial charge is 0.493 e. The fourth-order valence-electron chi connectivity index (χ4n) is 1.87. The second-order valence-electron chi connectivity index (χ2n) is 3.70. The molecule has 0 spiro atoms. The van der Waals surface area contributed by atoms with Crippen molar-refractivity contribution in [2.45, 2.75) is 6.92 Å². The Morgan fingerprint density at radius 1 is 0.938 bits per heavy atom. The van der Waals surface area contributed by atoms with Crippen LogP contribution >= 0.6 is 0 Å². The summed E-state index contributed by atoms with van der Waals surface area (Å²) in [6.45, 7) is 1.61. The molecule has 0 radical (unpaired) electrons. The zero-order chi connectivity index (χ0) is 11.9. The monoisotopic (exact) mass is 220 g/mol. The highest BCUT2D eigenvalue weighted by Gasteiger charge is 2.36. The molecule has 0 aromatic heterocycles. The highest BCUT2D eigenvalue weighted by molar-refractivity contribution is 6.26. The lowest BCUT2D eigenvalue weighted by Gasteiger charge is -2.08. The number of ketones is 2. The van der Waals surface area contributed by atoms with Crippen molar-refractivity contribution in [1.82, 2.24) is 0 Å². The van der Waals surface area contributed by atoms with Crippen molar-refractivity contribution in [1.29, 1.82) is 0 Å². The lowest BCUT2D eigenvalue weighted by molar-refractivity contribution is 0.0852. The van der Waals surface area contributed by atoms with Crippen molar-refractivity contribution < 1.29 is 19.1 Å². The quantitative estimate of drug-likeness (QED) is 0.712. The van der Waals surface area contributed by atoms with Crippen LogP contribution in [-0.2, 0) is 0 Å². The Bertz CT molecular complexity index is 433. The van der Waals surface area contributed by atoms with E-state index in [4.69, 9.17) is 9.47 Å². The first-order chi connectivity index (χ1) is 7.60. The molecule has 4 nitrogen and oxygen atoms in total. The molecule has 0 aliphatic heterocycles. The van der Waals surface area contributed by atoms with Gasteiger partial charge in [0.05, 0.1) is 20.1 Å². The molecule has 0 saturated carbocycles. The average Bonchev–Trinajstić information content (AvgIpc) is 2.52. The van der Waals surface area contributed by atoms with Gasteiger partial charge in [-0.25, -0.2) is 0 Å². The summed E-state index contributed by atoms with van der Waals surface area (Å²) in [5, 5.41) is 0. The number of methoxy groups -OCH3 is 2. The molecular weight excluding hydrogens is 208 g/mol. The highest BCUT2D eigenvalue weighted by atomic mass is 16.5. The Hall–Kier alpha value is -1.84. The summed E-state index contributed by atoms with van der Waals surface area (Å²) in [5.74, 6) is 0.0433. The van der Waals surface area contributed by atoms with E-state index in [1.54, 1.807) is 19.1 Å². The minimum absolute atomic E-state index is 0.152. The Kier molecular flexibility index (Phi) is 2.42. The number of fused-ring (bicyclic) bond motifs is 1. The number of hydrogen-bond acceptors (Lipinski definition) is 4. The van der Waals surface area contributed by atoms with Crippen LogP contribution in [-0.4, -0.2) is 25.8 Å². The van der Waals surface area contributed by atoms with Crippen LogP contribution in [0.5, 0.6) is 11.5 Å². The van der Waals surface area contributed by atoms with Crippen molar-refractivity contribution in [3.8, 4) is 11.5 Å². The first kappa shape index (κ1) is 10.7. The van der Waals surface area contributed by atoms with E-state index in [0.29, 0.717) is 22.6 Å². The van der Waals surface area contributed by atoms with Crippen LogP contribution in [0.15, 0.2) is 12.1 Å². The number of ether oxygens (including phenoxy) is 2. The molecule has 0 saturated heterocycles. The van der Waals surface area contributed by atoms with Crippen LogP contribution in [0.2, 0.25) is 0 Å². The van der Waals surface area contributed by atoms with E-state index in [9.17, 15) is 9.59 Å². The Labute approximate surface area is 93.2 Å². The topological polar surface area (TPSA) is 52.6 Å². The number of rotatable bonds is 2. The maximum absolute atomic E-state index is 11.8. The molecule has 1 aliphatic carbocycles. The van der Waals surface area contributed by atoms with Gasteiger partial charge in [0.25, 0.3) is 0 Å². The van der Waals surface area contributed by atoms with E-state index in [2.05, 4.69) is 0 Å². The molecule has 0 heterocycles. The van der Waals surface area contributed by atoms with Gasteiger partial charge in [-0.3, -0.25) is 9.59 Å². The number of benzene rings is 1. The van der Waals surface area contributed by atoms with Gasteiger partial charge < -0.3 is 9.47 Å². The van der Waals surface area contributed by atoms with Crippen molar-refractivity contribution >= 4 is 11.6 Å². The lowest BCUT2D eigenvalue weighted by atomic mass is 10.1. The Balaban J connectivity index is 2.64. The number of hydrogen-bond donors (Lipinski definition) is 0. The van der Waals surface area contributed by atoms with Gasteiger partial charge in [0, 0.05) is 11.1 Å². The number of carbonyl (C=O) groups is 2. The average molecular weight is 220 g/mol. The molecule has 0 unspecified atom stereocenters. The van der Waals surface area contributed by atoms with Crippen molar-refractivity contribution in [2.24, 2.45) is 5.92 Å². The van der Waals surface area contributed by atoms with E-state index >= 15 is 0 Å². The summed E-state index contributed by atoms with van der Waals surface area (Å²) in [6.07, 6.45) is 0. The number of Topliss-reactive ketones (excluding diaryl/α,β-unsaturated/α-hetero) is 2. The van der Waals surface area contributed by atoms with Crippen LogP contribution in [0.25, 0.3) is 0 Å². The van der Waals surface area contributed by atoms with Crippen LogP contribution in [0, 0.1) is 5.92 Å². The molecule has 0 bridgehead atoms. The molecule has 84 valence electrons. The minimum Gasteiger partial charge on any atom is -0.493 e. The molecule has 2 rings (SSSR count). The summed E-state index contributed by atoms with van der Waals surface area (Å²) in [5.41, 5.74) is 0.852. The maximum atomic E-state index is 11.8. The van der Waals surface area contributed by atoms with Gasteiger partial charge >= 0.3 is 0 Å². The van der Waals surface area contributed by atoms with Gasteiger partial charge in [-0.1, -0.05) is 0 Å². The van der Waals surface area contributed by atoms with Gasteiger partial charge in [-0.15, -0.1) is 0 Å². The first-order valence-corrected chi connectivity index (χ1v) is 4.94. The van der Waals surface area contributed by atoms with E-state index in [-0.39, 0.29) is 11.6 Å². The summed E-state index contributed by atoms with van der Waals surface area (Å²) in [6, 6.07) is 3.13. The molecule has 16 heavy (non-hydrogen) atoms. The zero-order valence-corrected chi connectivity index (χ0v) is 9.37. The molecule has 1 aromatic carbocycles. The molecular formula is C12H12O4. The summed E-state index contributed by atoms with van der Waals surface area (Å²) in [4.78, 5) is 23.5. The summed E-state index contributed by atoms with van der Waals surface area (Å²) < 4.78 is 10.2. The van der Waals surface area contributed by atoms with Gasteiger partial charge in [-0.05, 0) is 19.1 Å². The molecule has 0 atom stereocenters. The van der Waals surface area contributed by atoms with E-state index in [1.807, 2.05) is 0 Å². The SMILES string of the molecule is COc1cc2c(cc1OC)C(=O)C(C)C2=O. The van der Waals surface area contributed by atoms with Crippen LogP contribution < -0.4 is 9.47 Å². The van der Waals surface area contributed by atoms with Crippen LogP contribution in [0.4, 0.5) is 0 Å². The third-order valence-corrected chi connectivity index (χ3v) is 2.84. The Morgan fingerprint density at radius 3 is 1.62 bits per heavy atom. The summed E-state index contributed by atoms with van der Waals surface area (Å²) in [7, 11) is 2.99. The smallest absolute Gasteiger partial charge is 0.174 e. The lowest BCUT2D eigenvalue weighted by Crippen LogP contribution is -2.09. The van der Waals surface area contributed by atoms with Crippen molar-refractivity contribution in [3.63, 3.8) is 0 Å². The maximum Gasteiger partial charge on any atom is 0.174 e. The fraction of sp³-hybridized carbons (Fsp3) is 0.333. The van der Waals surface area contributed by atoms with Gasteiger partial charge in [0.1, 0.15) is 0 Å². The zero-order valence-electron chi connectivity index (χ0n) is 9.37. The normalized spacial score (nSPS) is 15.2. The standard InChI is InChI=1S/C12H12O4/c1-6-11(13)7-4-9(15-2)10(16-3)5-8(7)12(6)14/h4-6H,1-3H3.